The van der Waals surface area contributed by atoms with Crippen molar-refractivity contribution in [2.24, 2.45) is 5.73 Å². The van der Waals surface area contributed by atoms with Gasteiger partial charge in [0.2, 0.25) is 5.88 Å². The highest BCUT2D eigenvalue weighted by Crippen LogP contribution is 2.41. The number of nitriles is 2. The van der Waals surface area contributed by atoms with Crippen molar-refractivity contribution in [1.29, 1.82) is 10.5 Å². The van der Waals surface area contributed by atoms with Crippen LogP contribution in [-0.4, -0.2) is 23.3 Å². The zero-order chi connectivity index (χ0) is 24.8. The van der Waals surface area contributed by atoms with E-state index in [1.165, 1.54) is 11.8 Å². The third kappa shape index (κ3) is 5.07. The van der Waals surface area contributed by atoms with Crippen molar-refractivity contribution < 1.29 is 14.3 Å². The number of benzene rings is 1. The average Bonchev–Trinajstić information content (AvgIpc) is 3.42. The molecule has 0 saturated heterocycles. The molecule has 1 aromatic carbocycles. The Balaban J connectivity index is 1.75. The van der Waals surface area contributed by atoms with Crippen LogP contribution in [0.3, 0.4) is 0 Å². The van der Waals surface area contributed by atoms with Gasteiger partial charge in [-0.25, -0.2) is 9.78 Å². The molecule has 0 fully saturated rings. The Labute approximate surface area is 211 Å². The second kappa shape index (κ2) is 10.9. The van der Waals surface area contributed by atoms with E-state index in [0.717, 1.165) is 16.1 Å². The third-order valence-corrected chi connectivity index (χ3v) is 7.10. The summed E-state index contributed by atoms with van der Waals surface area (Å²) in [6.45, 7) is 1.87. The van der Waals surface area contributed by atoms with E-state index < -0.39 is 11.9 Å². The van der Waals surface area contributed by atoms with Crippen LogP contribution in [0, 0.1) is 22.7 Å². The van der Waals surface area contributed by atoms with Gasteiger partial charge in [-0.1, -0.05) is 48.2 Å². The molecule has 7 nitrogen and oxygen atoms in total. The standard InChI is InChI=1S/C26H20N4O3S2/c1-2-32-26(31)23-20(33-24(29)18(14-28)22(23)16-7-4-3-5-8-16)15-35-25-17(13-27)10-11-19(30-25)21-9-6-12-34-21/h3-12,22H,2,15,29H2,1H3/t22-/m1/s1. The number of hydrogen-bond donors (Lipinski definition) is 1. The van der Waals surface area contributed by atoms with Gasteiger partial charge in [-0.05, 0) is 36.1 Å². The van der Waals surface area contributed by atoms with Crippen molar-refractivity contribution >= 4 is 29.1 Å². The third-order valence-electron chi connectivity index (χ3n) is 5.22. The smallest absolute Gasteiger partial charge is 0.338 e. The largest absolute Gasteiger partial charge is 0.463 e. The van der Waals surface area contributed by atoms with E-state index in [0.29, 0.717) is 10.6 Å². The van der Waals surface area contributed by atoms with Gasteiger partial charge in [0.05, 0.1) is 40.0 Å². The van der Waals surface area contributed by atoms with Gasteiger partial charge in [0.25, 0.3) is 0 Å². The van der Waals surface area contributed by atoms with E-state index in [1.54, 1.807) is 30.4 Å². The fourth-order valence-corrected chi connectivity index (χ4v) is 5.28. The first kappa shape index (κ1) is 24.1. The second-order valence-electron chi connectivity index (χ2n) is 7.32. The van der Waals surface area contributed by atoms with Gasteiger partial charge >= 0.3 is 5.97 Å². The number of ether oxygens (including phenoxy) is 2. The maximum absolute atomic E-state index is 13.1. The van der Waals surface area contributed by atoms with E-state index in [-0.39, 0.29) is 35.1 Å². The number of aromatic nitrogens is 1. The van der Waals surface area contributed by atoms with Crippen molar-refractivity contribution in [2.45, 2.75) is 17.9 Å². The van der Waals surface area contributed by atoms with E-state index in [1.807, 2.05) is 47.8 Å². The number of allylic oxidation sites excluding steroid dienone is 1. The van der Waals surface area contributed by atoms with Gasteiger partial charge in [0.15, 0.2) is 0 Å². The predicted molar refractivity (Wildman–Crippen MR) is 134 cm³/mol. The molecule has 0 aliphatic carbocycles. The van der Waals surface area contributed by atoms with Crippen LogP contribution >= 0.6 is 23.1 Å². The van der Waals surface area contributed by atoms with Crippen LogP contribution < -0.4 is 5.73 Å². The number of nitrogens with two attached hydrogens (primary N) is 1. The SMILES string of the molecule is CCOC(=O)C1=C(CSc2nc(-c3cccs3)ccc2C#N)OC(N)=C(C#N)[C@H]1c1ccccc1. The zero-order valence-electron chi connectivity index (χ0n) is 18.7. The van der Waals surface area contributed by atoms with Gasteiger partial charge < -0.3 is 15.2 Å². The molecule has 1 aliphatic rings. The first-order valence-electron chi connectivity index (χ1n) is 10.7. The molecular formula is C26H20N4O3S2. The number of carbonyl (C=O) groups excluding carboxylic acids is 1. The fraction of sp³-hybridized carbons (Fsp3) is 0.154. The number of esters is 1. The molecule has 0 amide bonds. The normalized spacial score (nSPS) is 15.2. The molecule has 0 spiro atoms. The summed E-state index contributed by atoms with van der Waals surface area (Å²) in [7, 11) is 0. The van der Waals surface area contributed by atoms with Gasteiger partial charge in [-0.2, -0.15) is 10.5 Å². The van der Waals surface area contributed by atoms with E-state index in [2.05, 4.69) is 17.1 Å². The Morgan fingerprint density at radius 2 is 1.97 bits per heavy atom. The minimum atomic E-state index is -0.731. The monoisotopic (exact) mass is 500 g/mol. The Bertz CT molecular complexity index is 1380. The molecule has 3 aromatic rings. The van der Waals surface area contributed by atoms with Crippen molar-refractivity contribution in [1.82, 2.24) is 4.98 Å². The Hall–Kier alpha value is -4.05. The predicted octanol–water partition coefficient (Wildman–Crippen LogP) is 5.10. The van der Waals surface area contributed by atoms with Crippen LogP contribution in [0.5, 0.6) is 0 Å². The summed E-state index contributed by atoms with van der Waals surface area (Å²) in [4.78, 5) is 18.7. The summed E-state index contributed by atoms with van der Waals surface area (Å²) in [6, 6.07) is 20.8. The molecule has 2 aromatic heterocycles. The number of nitrogens with zero attached hydrogens (tertiary/aromatic N) is 3. The maximum Gasteiger partial charge on any atom is 0.338 e. The Morgan fingerprint density at radius 1 is 1.17 bits per heavy atom. The van der Waals surface area contributed by atoms with Crippen LogP contribution in [0.4, 0.5) is 0 Å². The highest BCUT2D eigenvalue weighted by molar-refractivity contribution is 7.99. The minimum Gasteiger partial charge on any atom is -0.463 e. The first-order valence-corrected chi connectivity index (χ1v) is 12.5. The molecule has 174 valence electrons. The molecule has 9 heteroatoms. The number of pyridine rings is 1. The van der Waals surface area contributed by atoms with Gasteiger partial charge in [0, 0.05) is 0 Å². The fourth-order valence-electron chi connectivity index (χ4n) is 3.67. The van der Waals surface area contributed by atoms with Crippen LogP contribution in [0.25, 0.3) is 10.6 Å². The molecule has 0 radical (unpaired) electrons. The van der Waals surface area contributed by atoms with Crippen LogP contribution in [0.1, 0.15) is 24.0 Å². The average molecular weight is 501 g/mol. The molecule has 35 heavy (non-hydrogen) atoms. The van der Waals surface area contributed by atoms with Crippen LogP contribution in [-0.2, 0) is 14.3 Å². The van der Waals surface area contributed by atoms with E-state index in [9.17, 15) is 15.3 Å². The molecule has 0 unspecified atom stereocenters. The quantitative estimate of drug-likeness (QED) is 0.351. The Kier molecular flexibility index (Phi) is 7.51. The van der Waals surface area contributed by atoms with Crippen molar-refractivity contribution in [3.05, 3.63) is 93.9 Å². The van der Waals surface area contributed by atoms with Gasteiger partial charge in [-0.3, -0.25) is 0 Å². The lowest BCUT2D eigenvalue weighted by atomic mass is 9.83. The molecule has 0 saturated carbocycles. The summed E-state index contributed by atoms with van der Waals surface area (Å²) >= 11 is 2.81. The number of carbonyl (C=O) groups is 1. The summed E-state index contributed by atoms with van der Waals surface area (Å²) in [5, 5.41) is 21.9. The summed E-state index contributed by atoms with van der Waals surface area (Å²) < 4.78 is 11.1. The summed E-state index contributed by atoms with van der Waals surface area (Å²) in [6.07, 6.45) is 0. The second-order valence-corrected chi connectivity index (χ2v) is 9.23. The molecule has 2 N–H and O–H groups in total. The highest BCUT2D eigenvalue weighted by Gasteiger charge is 2.37. The first-order chi connectivity index (χ1) is 17.1. The van der Waals surface area contributed by atoms with E-state index in [4.69, 9.17) is 15.2 Å². The lowest BCUT2D eigenvalue weighted by molar-refractivity contribution is -0.139. The zero-order valence-corrected chi connectivity index (χ0v) is 20.4. The molecule has 1 aliphatic heterocycles. The summed E-state index contributed by atoms with van der Waals surface area (Å²) in [5.74, 6) is -0.952. The van der Waals surface area contributed by atoms with Gasteiger partial charge in [-0.15, -0.1) is 11.3 Å². The molecule has 4 rings (SSSR count). The lowest BCUT2D eigenvalue weighted by Gasteiger charge is -2.28. The number of thioether (sulfide) groups is 1. The molecular weight excluding hydrogens is 480 g/mol. The van der Waals surface area contributed by atoms with Gasteiger partial charge in [0.1, 0.15) is 28.5 Å². The lowest BCUT2D eigenvalue weighted by Crippen LogP contribution is -2.27. The number of thiophene rings is 1. The molecule has 0 bridgehead atoms. The summed E-state index contributed by atoms with van der Waals surface area (Å²) in [5.41, 5.74) is 8.36. The Morgan fingerprint density at radius 3 is 2.63 bits per heavy atom. The van der Waals surface area contributed by atoms with E-state index >= 15 is 0 Å². The van der Waals surface area contributed by atoms with Crippen molar-refractivity contribution in [3.8, 4) is 22.7 Å². The maximum atomic E-state index is 13.1. The molecule has 3 heterocycles. The van der Waals surface area contributed by atoms with Crippen LogP contribution in [0.2, 0.25) is 0 Å². The topological polar surface area (TPSA) is 122 Å². The number of rotatable bonds is 7. The van der Waals surface area contributed by atoms with Crippen LogP contribution in [0.15, 0.2) is 87.8 Å². The molecule has 1 atom stereocenters. The van der Waals surface area contributed by atoms with Crippen molar-refractivity contribution in [2.75, 3.05) is 12.4 Å². The highest BCUT2D eigenvalue weighted by atomic mass is 32.2. The number of hydrogen-bond acceptors (Lipinski definition) is 9. The van der Waals surface area contributed by atoms with Crippen molar-refractivity contribution in [3.63, 3.8) is 0 Å². The minimum absolute atomic E-state index is 0.0641.